The Balaban J connectivity index is 1.19. The van der Waals surface area contributed by atoms with Crippen LogP contribution in [-0.2, 0) is 10.8 Å². The molecule has 0 atom stereocenters. The van der Waals surface area contributed by atoms with E-state index in [4.69, 9.17) is 0 Å². The Morgan fingerprint density at radius 1 is 0.279 bits per heavy atom. The molecule has 0 saturated carbocycles. The van der Waals surface area contributed by atoms with Gasteiger partial charge in [0, 0.05) is 47.7 Å². The maximum atomic E-state index is 2.54. The van der Waals surface area contributed by atoms with E-state index in [1.54, 1.807) is 0 Å². The maximum absolute atomic E-state index is 2.54. The number of anilines is 4. The molecule has 0 saturated heterocycles. The molecule has 0 aliphatic carbocycles. The smallest absolute Gasteiger partial charge is 0.0455 e. The fraction of sp³-hybridized carbons (Fsp3) is 0.121. The summed E-state index contributed by atoms with van der Waals surface area (Å²) in [7, 11) is 4.45. The SMILES string of the molecule is CN1c2ccccc2C(C)(C)c2c(-c3cccc4c(-c5c6ccccc6c(-c6ccccc6)c6ccccc56)c5cccc(-c6cccc7c6C(C)(C)c6ccccc6N7C)c5cc34)cccc21. The molecule has 11 aromatic rings. The summed E-state index contributed by atoms with van der Waals surface area (Å²) in [6, 6.07) is 77.6. The molecule has 0 fully saturated rings. The Morgan fingerprint density at radius 3 is 1.06 bits per heavy atom. The van der Waals surface area contributed by atoms with Gasteiger partial charge in [-0.1, -0.05) is 204 Å². The summed E-state index contributed by atoms with van der Waals surface area (Å²) >= 11 is 0. The lowest BCUT2D eigenvalue weighted by molar-refractivity contribution is 0.631. The molecule has 0 aromatic heterocycles. The Kier molecular flexibility index (Phi) is 8.77. The molecule has 0 unspecified atom stereocenters. The van der Waals surface area contributed by atoms with Crippen LogP contribution >= 0.6 is 0 Å². The Labute approximate surface area is 399 Å². The van der Waals surface area contributed by atoms with E-state index in [1.807, 2.05) is 0 Å². The first-order valence-electron chi connectivity index (χ1n) is 24.1. The molecule has 2 nitrogen and oxygen atoms in total. The lowest BCUT2D eigenvalue weighted by Gasteiger charge is -2.42. The van der Waals surface area contributed by atoms with Crippen LogP contribution in [0, 0.1) is 0 Å². The maximum Gasteiger partial charge on any atom is 0.0455 e. The van der Waals surface area contributed by atoms with Crippen LogP contribution in [0.2, 0.25) is 0 Å². The van der Waals surface area contributed by atoms with Crippen LogP contribution in [0.15, 0.2) is 206 Å². The van der Waals surface area contributed by atoms with E-state index in [9.17, 15) is 0 Å². The van der Waals surface area contributed by atoms with Crippen LogP contribution in [0.25, 0.3) is 87.6 Å². The normalized spacial score (nSPS) is 14.5. The fourth-order valence-electron chi connectivity index (χ4n) is 12.7. The number of rotatable bonds is 4. The van der Waals surface area contributed by atoms with Crippen LogP contribution < -0.4 is 9.80 Å². The summed E-state index contributed by atoms with van der Waals surface area (Å²) < 4.78 is 0. The molecular weight excluding hydrogens is 821 g/mol. The zero-order valence-electron chi connectivity index (χ0n) is 39.5. The number of para-hydroxylation sites is 2. The third kappa shape index (κ3) is 5.58. The minimum Gasteiger partial charge on any atom is -0.344 e. The van der Waals surface area contributed by atoms with E-state index in [1.165, 1.54) is 133 Å². The van der Waals surface area contributed by atoms with Gasteiger partial charge in [-0.2, -0.15) is 0 Å². The molecule has 2 aliphatic heterocycles. The molecule has 13 rings (SSSR count). The van der Waals surface area contributed by atoms with Crippen molar-refractivity contribution in [2.75, 3.05) is 23.9 Å². The lowest BCUT2D eigenvalue weighted by atomic mass is 9.70. The van der Waals surface area contributed by atoms with Crippen molar-refractivity contribution < 1.29 is 0 Å². The highest BCUT2D eigenvalue weighted by atomic mass is 15.1. The molecular formula is C66H52N2. The molecule has 2 heteroatoms. The highest BCUT2D eigenvalue weighted by Crippen LogP contribution is 2.56. The van der Waals surface area contributed by atoms with Crippen molar-refractivity contribution in [3.63, 3.8) is 0 Å². The number of hydrogen-bond acceptors (Lipinski definition) is 2. The van der Waals surface area contributed by atoms with Crippen LogP contribution in [-0.4, -0.2) is 14.1 Å². The molecule has 0 spiro atoms. The highest BCUT2D eigenvalue weighted by molar-refractivity contribution is 6.29. The first-order chi connectivity index (χ1) is 33.1. The third-order valence-electron chi connectivity index (χ3n) is 15.8. The molecule has 2 heterocycles. The molecule has 11 aromatic carbocycles. The van der Waals surface area contributed by atoms with Gasteiger partial charge < -0.3 is 9.80 Å². The van der Waals surface area contributed by atoms with Crippen molar-refractivity contribution in [2.24, 2.45) is 0 Å². The highest BCUT2D eigenvalue weighted by Gasteiger charge is 2.39. The summed E-state index contributed by atoms with van der Waals surface area (Å²) in [6.07, 6.45) is 0. The van der Waals surface area contributed by atoms with Crippen LogP contribution in [0.3, 0.4) is 0 Å². The fourth-order valence-corrected chi connectivity index (χ4v) is 12.7. The van der Waals surface area contributed by atoms with E-state index in [0.717, 1.165) is 0 Å². The quantitative estimate of drug-likeness (QED) is 0.163. The summed E-state index contributed by atoms with van der Waals surface area (Å²) in [5, 5.41) is 10.0. The molecule has 0 radical (unpaired) electrons. The Morgan fingerprint density at radius 2 is 0.603 bits per heavy atom. The second-order valence-corrected chi connectivity index (χ2v) is 20.1. The third-order valence-corrected chi connectivity index (χ3v) is 15.8. The van der Waals surface area contributed by atoms with Gasteiger partial charge in [0.25, 0.3) is 0 Å². The van der Waals surface area contributed by atoms with Gasteiger partial charge in [0.1, 0.15) is 0 Å². The minimum atomic E-state index is -0.251. The first kappa shape index (κ1) is 40.3. The molecule has 0 amide bonds. The van der Waals surface area contributed by atoms with Gasteiger partial charge in [0.2, 0.25) is 0 Å². The zero-order chi connectivity index (χ0) is 46.1. The van der Waals surface area contributed by atoms with E-state index in [-0.39, 0.29) is 10.8 Å². The molecule has 68 heavy (non-hydrogen) atoms. The van der Waals surface area contributed by atoms with E-state index >= 15 is 0 Å². The van der Waals surface area contributed by atoms with Crippen molar-refractivity contribution in [2.45, 2.75) is 38.5 Å². The largest absolute Gasteiger partial charge is 0.344 e. The predicted molar refractivity (Wildman–Crippen MR) is 291 cm³/mol. The number of fused-ring (bicyclic) bond motifs is 8. The molecule has 326 valence electrons. The molecule has 0 bridgehead atoms. The van der Waals surface area contributed by atoms with Crippen molar-refractivity contribution in [3.05, 3.63) is 229 Å². The van der Waals surface area contributed by atoms with Crippen molar-refractivity contribution in [1.82, 2.24) is 0 Å². The number of nitrogens with zero attached hydrogens (tertiary/aromatic N) is 2. The van der Waals surface area contributed by atoms with Crippen LogP contribution in [0.4, 0.5) is 22.7 Å². The van der Waals surface area contributed by atoms with Gasteiger partial charge >= 0.3 is 0 Å². The topological polar surface area (TPSA) is 6.48 Å². The second-order valence-electron chi connectivity index (χ2n) is 20.1. The lowest BCUT2D eigenvalue weighted by Crippen LogP contribution is -2.31. The van der Waals surface area contributed by atoms with Gasteiger partial charge in [0.15, 0.2) is 0 Å². The Bertz CT molecular complexity index is 3660. The van der Waals surface area contributed by atoms with Crippen molar-refractivity contribution >= 4 is 65.8 Å². The number of benzene rings is 11. The molecule has 0 N–H and O–H groups in total. The first-order valence-corrected chi connectivity index (χ1v) is 24.1. The van der Waals surface area contributed by atoms with E-state index in [2.05, 4.69) is 258 Å². The average molecular weight is 873 g/mol. The predicted octanol–water partition coefficient (Wildman–Crippen LogP) is 17.8. The monoisotopic (exact) mass is 872 g/mol. The van der Waals surface area contributed by atoms with Gasteiger partial charge in [-0.3, -0.25) is 0 Å². The Hall–Kier alpha value is -7.94. The average Bonchev–Trinajstić information content (AvgIpc) is 3.38. The summed E-state index contributed by atoms with van der Waals surface area (Å²) in [5.41, 5.74) is 20.0. The summed E-state index contributed by atoms with van der Waals surface area (Å²) in [4.78, 5) is 4.79. The standard InChI is InChI=1S/C66H52N2/c1-65(2)54-34-14-16-36-56(54)67(5)58-38-20-32-50(63(58)65)42-28-18-30-48-52(42)40-53-43(51-33-21-39-59-64(51)66(3,4)55-35-15-17-37-57(55)68(59)6)29-19-31-49(53)62(48)61-46-26-12-10-24-44(46)60(41-22-8-7-9-23-41)45-25-11-13-27-47(45)61/h7-40H,1-6H3. The van der Waals surface area contributed by atoms with Gasteiger partial charge in [-0.25, -0.2) is 0 Å². The van der Waals surface area contributed by atoms with Crippen molar-refractivity contribution in [1.29, 1.82) is 0 Å². The minimum absolute atomic E-state index is 0.251. The van der Waals surface area contributed by atoms with Crippen LogP contribution in [0.5, 0.6) is 0 Å². The second kappa shape index (κ2) is 14.8. The number of hydrogen-bond donors (Lipinski definition) is 0. The summed E-state index contributed by atoms with van der Waals surface area (Å²) in [6.45, 7) is 9.64. The van der Waals surface area contributed by atoms with Gasteiger partial charge in [-0.15, -0.1) is 0 Å². The zero-order valence-corrected chi connectivity index (χ0v) is 39.5. The van der Waals surface area contributed by atoms with E-state index < -0.39 is 0 Å². The van der Waals surface area contributed by atoms with Crippen LogP contribution in [0.1, 0.15) is 49.9 Å². The molecule has 2 aliphatic rings. The van der Waals surface area contributed by atoms with E-state index in [0.29, 0.717) is 0 Å². The van der Waals surface area contributed by atoms with Gasteiger partial charge in [-0.05, 0) is 140 Å². The van der Waals surface area contributed by atoms with Gasteiger partial charge in [0.05, 0.1) is 0 Å². The summed E-state index contributed by atoms with van der Waals surface area (Å²) in [5.74, 6) is 0. The van der Waals surface area contributed by atoms with Crippen molar-refractivity contribution in [3.8, 4) is 44.5 Å².